The van der Waals surface area contributed by atoms with Crippen molar-refractivity contribution in [3.05, 3.63) is 12.0 Å². The fourth-order valence-electron chi connectivity index (χ4n) is 3.88. The molecule has 0 spiro atoms. The summed E-state index contributed by atoms with van der Waals surface area (Å²) >= 11 is 1.49. The van der Waals surface area contributed by atoms with Crippen LogP contribution in [-0.4, -0.2) is 58.0 Å². The molecule has 0 amide bonds. The summed E-state index contributed by atoms with van der Waals surface area (Å²) < 4.78 is 7.91. The maximum atomic E-state index is 9.60. The van der Waals surface area contributed by atoms with Crippen molar-refractivity contribution in [2.45, 2.75) is 63.5 Å². The van der Waals surface area contributed by atoms with E-state index < -0.39 is 8.38 Å². The number of hydrogen-bond donors (Lipinski definition) is 4. The molecule has 1 saturated heterocycles. The third-order valence-corrected chi connectivity index (χ3v) is 7.47. The van der Waals surface area contributed by atoms with Gasteiger partial charge in [-0.3, -0.25) is 0 Å². The van der Waals surface area contributed by atoms with Gasteiger partial charge in [0, 0.05) is 11.8 Å². The van der Waals surface area contributed by atoms with Crippen LogP contribution in [-0.2, 0) is 11.3 Å². The monoisotopic (exact) mass is 427 g/mol. The molecule has 0 aromatic carbocycles. The zero-order valence-electron chi connectivity index (χ0n) is 15.6. The average Bonchev–Trinajstić information content (AvgIpc) is 3.41. The van der Waals surface area contributed by atoms with E-state index in [0.29, 0.717) is 23.0 Å². The molecular weight excluding hydrogens is 401 g/mol. The number of ether oxygens (including phenoxy) is 1. The SMILES string of the molecule is OCc1nc(NC2CCCC2)c2cnn(C3CCC(CSCP(O)O)O3)c2n1. The minimum Gasteiger partial charge on any atom is -0.388 e. The molecule has 4 N–H and O–H groups in total. The summed E-state index contributed by atoms with van der Waals surface area (Å²) in [6.45, 7) is -0.226. The fourth-order valence-corrected chi connectivity index (χ4v) is 5.46. The molecule has 0 radical (unpaired) electrons. The minimum atomic E-state index is -1.86. The molecule has 4 rings (SSSR count). The van der Waals surface area contributed by atoms with Gasteiger partial charge in [0.05, 0.1) is 23.2 Å². The van der Waals surface area contributed by atoms with Gasteiger partial charge in [0.2, 0.25) is 0 Å². The van der Waals surface area contributed by atoms with E-state index in [2.05, 4.69) is 20.4 Å². The van der Waals surface area contributed by atoms with Crippen molar-refractivity contribution >= 4 is 37.0 Å². The molecule has 154 valence electrons. The highest BCUT2D eigenvalue weighted by Gasteiger charge is 2.29. The van der Waals surface area contributed by atoms with Gasteiger partial charge in [-0.2, -0.15) is 5.10 Å². The summed E-state index contributed by atoms with van der Waals surface area (Å²) in [4.78, 5) is 27.0. The van der Waals surface area contributed by atoms with Gasteiger partial charge in [0.25, 0.3) is 0 Å². The van der Waals surface area contributed by atoms with E-state index in [1.165, 1.54) is 24.6 Å². The number of aliphatic hydroxyl groups excluding tert-OH is 1. The van der Waals surface area contributed by atoms with E-state index in [1.54, 1.807) is 10.9 Å². The smallest absolute Gasteiger partial charge is 0.175 e. The van der Waals surface area contributed by atoms with Crippen molar-refractivity contribution in [1.29, 1.82) is 0 Å². The predicted molar refractivity (Wildman–Crippen MR) is 109 cm³/mol. The Kier molecular flexibility index (Phi) is 6.65. The van der Waals surface area contributed by atoms with Gasteiger partial charge >= 0.3 is 0 Å². The lowest BCUT2D eigenvalue weighted by molar-refractivity contribution is 0.00783. The number of thioether (sulfide) groups is 1. The normalized spacial score (nSPS) is 23.3. The number of aromatic nitrogens is 4. The number of nitrogens with one attached hydrogen (secondary N) is 1. The van der Waals surface area contributed by atoms with Gasteiger partial charge in [-0.1, -0.05) is 12.8 Å². The van der Waals surface area contributed by atoms with Crippen LogP contribution < -0.4 is 5.32 Å². The first kappa shape index (κ1) is 20.3. The molecule has 0 bridgehead atoms. The van der Waals surface area contributed by atoms with Gasteiger partial charge in [0.15, 0.2) is 26.1 Å². The van der Waals surface area contributed by atoms with Crippen molar-refractivity contribution in [3.8, 4) is 0 Å². The number of hydrogen-bond acceptors (Lipinski definition) is 9. The Morgan fingerprint density at radius 1 is 1.21 bits per heavy atom. The Morgan fingerprint density at radius 3 is 2.79 bits per heavy atom. The van der Waals surface area contributed by atoms with Crippen LogP contribution in [0.2, 0.25) is 0 Å². The highest BCUT2D eigenvalue weighted by Crippen LogP contribution is 2.35. The van der Waals surface area contributed by atoms with Crippen molar-refractivity contribution in [3.63, 3.8) is 0 Å². The van der Waals surface area contributed by atoms with E-state index in [-0.39, 0.29) is 18.9 Å². The molecule has 2 aromatic heterocycles. The van der Waals surface area contributed by atoms with Crippen LogP contribution in [0.15, 0.2) is 6.20 Å². The second-order valence-electron chi connectivity index (χ2n) is 7.26. The Balaban J connectivity index is 1.51. The molecule has 1 aliphatic carbocycles. The van der Waals surface area contributed by atoms with Gasteiger partial charge in [-0.25, -0.2) is 14.6 Å². The van der Waals surface area contributed by atoms with Crippen LogP contribution >= 0.6 is 20.1 Å². The highest BCUT2D eigenvalue weighted by molar-refractivity contribution is 8.03. The molecule has 11 heteroatoms. The number of rotatable bonds is 8. The summed E-state index contributed by atoms with van der Waals surface area (Å²) in [6.07, 6.45) is 8.02. The minimum absolute atomic E-state index is 0.0550. The van der Waals surface area contributed by atoms with Crippen LogP contribution in [0.1, 0.15) is 50.6 Å². The second-order valence-corrected chi connectivity index (χ2v) is 9.78. The number of aliphatic hydroxyl groups is 1. The average molecular weight is 427 g/mol. The molecule has 28 heavy (non-hydrogen) atoms. The lowest BCUT2D eigenvalue weighted by Crippen LogP contribution is -2.17. The van der Waals surface area contributed by atoms with E-state index in [4.69, 9.17) is 14.5 Å². The van der Waals surface area contributed by atoms with Gasteiger partial charge in [0.1, 0.15) is 12.4 Å². The second kappa shape index (κ2) is 9.19. The van der Waals surface area contributed by atoms with Crippen LogP contribution in [0.4, 0.5) is 5.82 Å². The predicted octanol–water partition coefficient (Wildman–Crippen LogP) is 2.34. The van der Waals surface area contributed by atoms with Crippen molar-refractivity contribution in [2.75, 3.05) is 16.6 Å². The van der Waals surface area contributed by atoms with Crippen LogP contribution in [0.25, 0.3) is 11.0 Å². The third-order valence-electron chi connectivity index (χ3n) is 5.21. The fraction of sp³-hybridized carbons (Fsp3) is 0.706. The summed E-state index contributed by atoms with van der Waals surface area (Å²) in [5.74, 6) is 1.83. The van der Waals surface area contributed by atoms with E-state index in [9.17, 15) is 5.11 Å². The lowest BCUT2D eigenvalue weighted by Gasteiger charge is -2.16. The Labute approximate surface area is 168 Å². The zero-order valence-corrected chi connectivity index (χ0v) is 17.3. The van der Waals surface area contributed by atoms with Gasteiger partial charge < -0.3 is 24.9 Å². The molecule has 9 nitrogen and oxygen atoms in total. The number of nitrogens with zero attached hydrogens (tertiary/aromatic N) is 4. The standard InChI is InChI=1S/C17H26N5O4PS/c23-8-14-20-16(19-11-3-1-2-4-11)13-7-18-22(17(13)21-14)15-6-5-12(26-15)9-28-10-27(24)25/h7,11-12,15,23-25H,1-6,8-10H2,(H,19,20,21). The largest absolute Gasteiger partial charge is 0.388 e. The molecule has 1 saturated carbocycles. The van der Waals surface area contributed by atoms with Crippen LogP contribution in [0.3, 0.4) is 0 Å². The van der Waals surface area contributed by atoms with Crippen molar-refractivity contribution in [2.24, 2.45) is 0 Å². The first-order valence-corrected chi connectivity index (χ1v) is 12.2. The van der Waals surface area contributed by atoms with Crippen LogP contribution in [0.5, 0.6) is 0 Å². The maximum Gasteiger partial charge on any atom is 0.175 e. The van der Waals surface area contributed by atoms with Crippen LogP contribution in [0, 0.1) is 0 Å². The molecule has 2 fully saturated rings. The third kappa shape index (κ3) is 4.58. The molecular formula is C17H26N5O4PS. The molecule has 2 unspecified atom stereocenters. The Morgan fingerprint density at radius 2 is 2.04 bits per heavy atom. The van der Waals surface area contributed by atoms with Crippen molar-refractivity contribution < 1.29 is 19.6 Å². The summed E-state index contributed by atoms with van der Waals surface area (Å²) in [7, 11) is -1.86. The van der Waals surface area contributed by atoms with Gasteiger partial charge in [-0.15, -0.1) is 11.8 Å². The summed E-state index contributed by atoms with van der Waals surface area (Å²) in [5, 5.41) is 18.5. The lowest BCUT2D eigenvalue weighted by atomic mass is 10.2. The number of anilines is 1. The molecule has 2 aliphatic rings. The summed E-state index contributed by atoms with van der Waals surface area (Å²) in [5.41, 5.74) is 1.01. The molecule has 2 aromatic rings. The molecule has 3 heterocycles. The maximum absolute atomic E-state index is 9.60. The zero-order chi connectivity index (χ0) is 19.5. The Bertz CT molecular complexity index is 801. The van der Waals surface area contributed by atoms with E-state index >= 15 is 0 Å². The molecule has 2 atom stereocenters. The summed E-state index contributed by atoms with van der Waals surface area (Å²) in [6, 6.07) is 0.403. The Hall–Kier alpha value is -1.03. The molecule has 1 aliphatic heterocycles. The quantitative estimate of drug-likeness (QED) is 0.470. The highest BCUT2D eigenvalue weighted by atomic mass is 32.2. The van der Waals surface area contributed by atoms with Gasteiger partial charge in [-0.05, 0) is 25.7 Å². The van der Waals surface area contributed by atoms with Crippen molar-refractivity contribution in [1.82, 2.24) is 19.7 Å². The van der Waals surface area contributed by atoms with E-state index in [1.807, 2.05) is 0 Å². The van der Waals surface area contributed by atoms with E-state index in [0.717, 1.165) is 42.6 Å². The number of fused-ring (bicyclic) bond motifs is 1. The first-order valence-electron chi connectivity index (χ1n) is 9.64. The first-order chi connectivity index (χ1) is 13.6. The topological polar surface area (TPSA) is 126 Å².